The minimum Gasteiger partial charge on any atom is -0.379 e. The van der Waals surface area contributed by atoms with Crippen LogP contribution in [0.3, 0.4) is 0 Å². The van der Waals surface area contributed by atoms with Crippen molar-refractivity contribution in [2.45, 2.75) is 13.5 Å². The van der Waals surface area contributed by atoms with Crippen LogP contribution >= 0.6 is 0 Å². The van der Waals surface area contributed by atoms with E-state index in [0.717, 1.165) is 38.4 Å². The molecule has 0 aliphatic carbocycles. The van der Waals surface area contributed by atoms with Crippen molar-refractivity contribution >= 4 is 17.3 Å². The molecule has 0 radical (unpaired) electrons. The molecule has 0 spiro atoms. The number of nitro benzene ring substituents is 1. The van der Waals surface area contributed by atoms with Crippen LogP contribution in [-0.2, 0) is 11.3 Å². The first-order chi connectivity index (χ1) is 12.5. The summed E-state index contributed by atoms with van der Waals surface area (Å²) in [5, 5.41) is 13.7. The van der Waals surface area contributed by atoms with Gasteiger partial charge in [-0.05, 0) is 30.7 Å². The zero-order chi connectivity index (χ0) is 18.5. The van der Waals surface area contributed by atoms with E-state index in [1.54, 1.807) is 31.2 Å². The summed E-state index contributed by atoms with van der Waals surface area (Å²) in [5.74, 6) is -0.291. The summed E-state index contributed by atoms with van der Waals surface area (Å²) >= 11 is 0. The lowest BCUT2D eigenvalue weighted by Gasteiger charge is -2.26. The van der Waals surface area contributed by atoms with E-state index in [1.165, 1.54) is 6.07 Å². The Kier molecular flexibility index (Phi) is 5.60. The summed E-state index contributed by atoms with van der Waals surface area (Å²) in [6.07, 6.45) is 0. The molecule has 7 nitrogen and oxygen atoms in total. The van der Waals surface area contributed by atoms with Gasteiger partial charge in [0.25, 0.3) is 11.6 Å². The number of benzene rings is 2. The Morgan fingerprint density at radius 1 is 1.19 bits per heavy atom. The number of hydrogen-bond donors (Lipinski definition) is 1. The van der Waals surface area contributed by atoms with Gasteiger partial charge < -0.3 is 10.1 Å². The molecule has 1 aliphatic heterocycles. The van der Waals surface area contributed by atoms with Crippen LogP contribution < -0.4 is 5.32 Å². The van der Waals surface area contributed by atoms with Crippen LogP contribution in [0, 0.1) is 17.0 Å². The molecule has 0 unspecified atom stereocenters. The summed E-state index contributed by atoms with van der Waals surface area (Å²) < 4.78 is 5.34. The molecule has 1 aliphatic rings. The average molecular weight is 355 g/mol. The molecule has 0 bridgehead atoms. The van der Waals surface area contributed by atoms with Gasteiger partial charge in [0.05, 0.1) is 18.1 Å². The van der Waals surface area contributed by atoms with Crippen molar-refractivity contribution in [1.29, 1.82) is 0 Å². The molecular weight excluding hydrogens is 334 g/mol. The summed E-state index contributed by atoms with van der Waals surface area (Å²) in [6.45, 7) is 5.82. The summed E-state index contributed by atoms with van der Waals surface area (Å²) in [5.41, 5.74) is 2.60. The number of amides is 1. The second-order valence-electron chi connectivity index (χ2n) is 6.30. The number of morpholine rings is 1. The highest BCUT2D eigenvalue weighted by molar-refractivity contribution is 6.04. The number of nitro groups is 1. The first-order valence-corrected chi connectivity index (χ1v) is 8.48. The molecule has 0 atom stereocenters. The number of aryl methyl sites for hydroxylation is 1. The number of ether oxygens (including phenoxy) is 1. The van der Waals surface area contributed by atoms with Gasteiger partial charge in [0, 0.05) is 42.5 Å². The van der Waals surface area contributed by atoms with E-state index in [4.69, 9.17) is 4.74 Å². The van der Waals surface area contributed by atoms with E-state index in [1.807, 2.05) is 12.1 Å². The van der Waals surface area contributed by atoms with Gasteiger partial charge in [0.2, 0.25) is 0 Å². The molecule has 2 aromatic rings. The van der Waals surface area contributed by atoms with Crippen LogP contribution in [0.15, 0.2) is 42.5 Å². The number of nitrogens with one attached hydrogen (secondary N) is 1. The van der Waals surface area contributed by atoms with Gasteiger partial charge in [-0.1, -0.05) is 18.2 Å². The molecule has 7 heteroatoms. The van der Waals surface area contributed by atoms with Crippen molar-refractivity contribution < 1.29 is 14.5 Å². The van der Waals surface area contributed by atoms with Crippen LogP contribution in [-0.4, -0.2) is 42.0 Å². The lowest BCUT2D eigenvalue weighted by atomic mass is 10.1. The zero-order valence-electron chi connectivity index (χ0n) is 14.6. The Morgan fingerprint density at radius 3 is 2.54 bits per heavy atom. The van der Waals surface area contributed by atoms with Gasteiger partial charge in [-0.2, -0.15) is 0 Å². The molecule has 2 aromatic carbocycles. The van der Waals surface area contributed by atoms with E-state index < -0.39 is 4.92 Å². The molecule has 1 N–H and O–H groups in total. The highest BCUT2D eigenvalue weighted by atomic mass is 16.6. The fourth-order valence-corrected chi connectivity index (χ4v) is 2.87. The molecule has 1 saturated heterocycles. The van der Waals surface area contributed by atoms with Crippen LogP contribution in [0.25, 0.3) is 0 Å². The Hall–Kier alpha value is -2.77. The maximum Gasteiger partial charge on any atom is 0.274 e. The van der Waals surface area contributed by atoms with Crippen molar-refractivity contribution in [1.82, 2.24) is 4.90 Å². The number of carbonyl (C=O) groups excluding carboxylic acids is 1. The second kappa shape index (κ2) is 8.07. The normalized spacial score (nSPS) is 14.8. The molecule has 136 valence electrons. The van der Waals surface area contributed by atoms with E-state index in [2.05, 4.69) is 10.2 Å². The monoisotopic (exact) mass is 355 g/mol. The SMILES string of the molecule is Cc1ccc(NC(=O)c2ccc(CN3CCOCC3)cc2)cc1[N+](=O)[O-]. The van der Waals surface area contributed by atoms with Crippen molar-refractivity contribution in [3.63, 3.8) is 0 Å². The minimum absolute atomic E-state index is 0.0105. The molecule has 0 aromatic heterocycles. The molecule has 0 saturated carbocycles. The number of anilines is 1. The van der Waals surface area contributed by atoms with E-state index in [9.17, 15) is 14.9 Å². The highest BCUT2D eigenvalue weighted by Crippen LogP contribution is 2.22. The van der Waals surface area contributed by atoms with Crippen LogP contribution in [0.2, 0.25) is 0 Å². The Balaban J connectivity index is 1.64. The predicted octanol–water partition coefficient (Wildman–Crippen LogP) is 2.99. The third-order valence-electron chi connectivity index (χ3n) is 4.39. The maximum atomic E-state index is 12.4. The van der Waals surface area contributed by atoms with Gasteiger partial charge in [0.1, 0.15) is 0 Å². The standard InChI is InChI=1S/C19H21N3O4/c1-14-2-7-17(12-18(14)22(24)25)20-19(23)16-5-3-15(4-6-16)13-21-8-10-26-11-9-21/h2-7,12H,8-11,13H2,1H3,(H,20,23). The highest BCUT2D eigenvalue weighted by Gasteiger charge is 2.14. The number of hydrogen-bond acceptors (Lipinski definition) is 5. The van der Waals surface area contributed by atoms with Crippen molar-refractivity contribution in [2.75, 3.05) is 31.6 Å². The first kappa shape index (κ1) is 18.0. The average Bonchev–Trinajstić information content (AvgIpc) is 2.64. The molecule has 3 rings (SSSR count). The zero-order valence-corrected chi connectivity index (χ0v) is 14.6. The molecule has 1 amide bonds. The fourth-order valence-electron chi connectivity index (χ4n) is 2.87. The Bertz CT molecular complexity index is 799. The molecule has 26 heavy (non-hydrogen) atoms. The van der Waals surface area contributed by atoms with Crippen molar-refractivity contribution in [3.8, 4) is 0 Å². The quantitative estimate of drug-likeness (QED) is 0.658. The van der Waals surface area contributed by atoms with E-state index in [-0.39, 0.29) is 11.6 Å². The third-order valence-corrected chi connectivity index (χ3v) is 4.39. The van der Waals surface area contributed by atoms with Crippen LogP contribution in [0.4, 0.5) is 11.4 Å². The first-order valence-electron chi connectivity index (χ1n) is 8.48. The molecule has 1 heterocycles. The summed E-state index contributed by atoms with van der Waals surface area (Å²) in [6, 6.07) is 12.1. The second-order valence-corrected chi connectivity index (χ2v) is 6.30. The number of rotatable bonds is 5. The van der Waals surface area contributed by atoms with Crippen molar-refractivity contribution in [2.24, 2.45) is 0 Å². The van der Waals surface area contributed by atoms with E-state index in [0.29, 0.717) is 16.8 Å². The largest absolute Gasteiger partial charge is 0.379 e. The van der Waals surface area contributed by atoms with Crippen molar-refractivity contribution in [3.05, 3.63) is 69.3 Å². The van der Waals surface area contributed by atoms with Crippen LogP contribution in [0.1, 0.15) is 21.5 Å². The van der Waals surface area contributed by atoms with Gasteiger partial charge in [0.15, 0.2) is 0 Å². The van der Waals surface area contributed by atoms with Gasteiger partial charge in [-0.3, -0.25) is 19.8 Å². The molecular formula is C19H21N3O4. The summed E-state index contributed by atoms with van der Waals surface area (Å²) in [7, 11) is 0. The topological polar surface area (TPSA) is 84.7 Å². The van der Waals surface area contributed by atoms with Gasteiger partial charge in [-0.15, -0.1) is 0 Å². The molecule has 1 fully saturated rings. The lowest BCUT2D eigenvalue weighted by molar-refractivity contribution is -0.385. The Morgan fingerprint density at radius 2 is 1.88 bits per heavy atom. The number of nitrogens with zero attached hydrogens (tertiary/aromatic N) is 2. The van der Waals surface area contributed by atoms with E-state index >= 15 is 0 Å². The smallest absolute Gasteiger partial charge is 0.274 e. The fraction of sp³-hybridized carbons (Fsp3) is 0.316. The van der Waals surface area contributed by atoms with Crippen LogP contribution in [0.5, 0.6) is 0 Å². The predicted molar refractivity (Wildman–Crippen MR) is 98.3 cm³/mol. The maximum absolute atomic E-state index is 12.4. The van der Waals surface area contributed by atoms with Gasteiger partial charge in [-0.25, -0.2) is 0 Å². The third kappa shape index (κ3) is 4.44. The minimum atomic E-state index is -0.453. The van der Waals surface area contributed by atoms with Gasteiger partial charge >= 0.3 is 0 Å². The lowest BCUT2D eigenvalue weighted by Crippen LogP contribution is -2.35. The Labute approximate surface area is 151 Å². The summed E-state index contributed by atoms with van der Waals surface area (Å²) in [4.78, 5) is 25.2. The number of carbonyl (C=O) groups is 1.